The lowest BCUT2D eigenvalue weighted by molar-refractivity contribution is 0.0870. The largest absolute Gasteiger partial charge is 0.378 e. The molecule has 0 aromatic heterocycles. The van der Waals surface area contributed by atoms with E-state index >= 15 is 0 Å². The summed E-state index contributed by atoms with van der Waals surface area (Å²) in [5.41, 5.74) is 7.26. The fourth-order valence-electron chi connectivity index (χ4n) is 2.82. The van der Waals surface area contributed by atoms with E-state index in [1.54, 1.807) is 0 Å². The highest BCUT2D eigenvalue weighted by atomic mass is 16.5. The summed E-state index contributed by atoms with van der Waals surface area (Å²) < 4.78 is 5.71. The molecule has 106 valence electrons. The Labute approximate surface area is 116 Å². The van der Waals surface area contributed by atoms with Gasteiger partial charge in [-0.25, -0.2) is 0 Å². The van der Waals surface area contributed by atoms with Gasteiger partial charge in [-0.15, -0.1) is 0 Å². The lowest BCUT2D eigenvalue weighted by Gasteiger charge is -2.27. The molecule has 0 spiro atoms. The highest BCUT2D eigenvalue weighted by molar-refractivity contribution is 5.23. The van der Waals surface area contributed by atoms with Crippen molar-refractivity contribution in [1.82, 2.24) is 5.32 Å². The highest BCUT2D eigenvalue weighted by Crippen LogP contribution is 2.23. The van der Waals surface area contributed by atoms with E-state index in [0.29, 0.717) is 12.0 Å². The molecule has 0 saturated carbocycles. The van der Waals surface area contributed by atoms with Crippen LogP contribution in [0.2, 0.25) is 0 Å². The minimum absolute atomic E-state index is 0.317. The van der Waals surface area contributed by atoms with Crippen LogP contribution in [0.3, 0.4) is 0 Å². The van der Waals surface area contributed by atoms with Gasteiger partial charge in [0.15, 0.2) is 0 Å². The van der Waals surface area contributed by atoms with E-state index in [2.05, 4.69) is 31.3 Å². The standard InChI is InChI=1S/C16H26N2O/c1-3-15-13(9-10-19-15)11-18-12-16(2,17)14-7-5-4-6-8-14/h4-8,13,15,18H,3,9-12,17H2,1-2H3. The van der Waals surface area contributed by atoms with E-state index < -0.39 is 0 Å². The Hall–Kier alpha value is -0.900. The molecule has 0 radical (unpaired) electrons. The summed E-state index contributed by atoms with van der Waals surface area (Å²) >= 11 is 0. The van der Waals surface area contributed by atoms with Crippen molar-refractivity contribution in [1.29, 1.82) is 0 Å². The van der Waals surface area contributed by atoms with Crippen LogP contribution < -0.4 is 11.1 Å². The first kappa shape index (κ1) is 14.5. The van der Waals surface area contributed by atoms with Gasteiger partial charge >= 0.3 is 0 Å². The van der Waals surface area contributed by atoms with Crippen molar-refractivity contribution in [2.45, 2.75) is 38.3 Å². The second-order valence-corrected chi connectivity index (χ2v) is 5.78. The van der Waals surface area contributed by atoms with E-state index in [1.165, 1.54) is 5.56 Å². The normalized spacial score (nSPS) is 26.3. The molecule has 19 heavy (non-hydrogen) atoms. The van der Waals surface area contributed by atoms with E-state index in [-0.39, 0.29) is 5.54 Å². The van der Waals surface area contributed by atoms with Crippen LogP contribution in [0.15, 0.2) is 30.3 Å². The lowest BCUT2D eigenvalue weighted by atomic mass is 9.92. The average Bonchev–Trinajstić information content (AvgIpc) is 2.87. The maximum absolute atomic E-state index is 6.40. The van der Waals surface area contributed by atoms with Crippen LogP contribution >= 0.6 is 0 Å². The van der Waals surface area contributed by atoms with Gasteiger partial charge < -0.3 is 15.8 Å². The van der Waals surface area contributed by atoms with E-state index in [4.69, 9.17) is 10.5 Å². The number of nitrogens with two attached hydrogens (primary N) is 1. The molecule has 0 aliphatic carbocycles. The highest BCUT2D eigenvalue weighted by Gasteiger charge is 2.27. The number of hydrogen-bond acceptors (Lipinski definition) is 3. The molecule has 3 nitrogen and oxygen atoms in total. The molecule has 0 bridgehead atoms. The Morgan fingerprint density at radius 1 is 1.37 bits per heavy atom. The zero-order valence-corrected chi connectivity index (χ0v) is 12.1. The maximum Gasteiger partial charge on any atom is 0.0613 e. The number of rotatable bonds is 6. The molecule has 3 atom stereocenters. The first-order valence-electron chi connectivity index (χ1n) is 7.30. The van der Waals surface area contributed by atoms with Crippen LogP contribution in [0.1, 0.15) is 32.3 Å². The first-order valence-corrected chi connectivity index (χ1v) is 7.30. The summed E-state index contributed by atoms with van der Waals surface area (Å²) in [5.74, 6) is 0.636. The summed E-state index contributed by atoms with van der Waals surface area (Å²) in [6, 6.07) is 10.3. The smallest absolute Gasteiger partial charge is 0.0613 e. The topological polar surface area (TPSA) is 47.3 Å². The molecule has 0 amide bonds. The quantitative estimate of drug-likeness (QED) is 0.826. The molecule has 1 aromatic carbocycles. The van der Waals surface area contributed by atoms with Gasteiger partial charge in [0.2, 0.25) is 0 Å². The van der Waals surface area contributed by atoms with Crippen LogP contribution in [0, 0.1) is 5.92 Å². The Kier molecular flexibility index (Phi) is 4.97. The second kappa shape index (κ2) is 6.51. The third-order valence-electron chi connectivity index (χ3n) is 4.08. The SMILES string of the molecule is CCC1OCCC1CNCC(C)(N)c1ccccc1. The molecule has 1 heterocycles. The third-order valence-corrected chi connectivity index (χ3v) is 4.08. The van der Waals surface area contributed by atoms with Crippen molar-refractivity contribution in [2.24, 2.45) is 11.7 Å². The van der Waals surface area contributed by atoms with Gasteiger partial charge in [-0.2, -0.15) is 0 Å². The van der Waals surface area contributed by atoms with E-state index in [9.17, 15) is 0 Å². The van der Waals surface area contributed by atoms with Crippen molar-refractivity contribution >= 4 is 0 Å². The Balaban J connectivity index is 1.82. The minimum atomic E-state index is -0.317. The Morgan fingerprint density at radius 3 is 2.79 bits per heavy atom. The van der Waals surface area contributed by atoms with E-state index in [1.807, 2.05) is 18.2 Å². The molecule has 2 rings (SSSR count). The molecule has 3 N–H and O–H groups in total. The molecule has 3 heteroatoms. The van der Waals surface area contributed by atoms with Crippen LogP contribution in [0.4, 0.5) is 0 Å². The zero-order chi connectivity index (χ0) is 13.7. The molecule has 1 fully saturated rings. The summed E-state index contributed by atoms with van der Waals surface area (Å²) in [5, 5.41) is 3.53. The van der Waals surface area contributed by atoms with Crippen molar-refractivity contribution in [3.63, 3.8) is 0 Å². The Bertz CT molecular complexity index is 378. The summed E-state index contributed by atoms with van der Waals surface area (Å²) in [6.07, 6.45) is 2.69. The summed E-state index contributed by atoms with van der Waals surface area (Å²) in [6.45, 7) is 6.98. The fourth-order valence-corrected chi connectivity index (χ4v) is 2.82. The maximum atomic E-state index is 6.40. The zero-order valence-electron chi connectivity index (χ0n) is 12.1. The van der Waals surface area contributed by atoms with Crippen LogP contribution in [0.5, 0.6) is 0 Å². The lowest BCUT2D eigenvalue weighted by Crippen LogP contribution is -2.45. The summed E-state index contributed by atoms with van der Waals surface area (Å²) in [7, 11) is 0. The van der Waals surface area contributed by atoms with Crippen LogP contribution in [0.25, 0.3) is 0 Å². The molecule has 1 aromatic rings. The van der Waals surface area contributed by atoms with Gasteiger partial charge in [-0.3, -0.25) is 0 Å². The van der Waals surface area contributed by atoms with Crippen molar-refractivity contribution < 1.29 is 4.74 Å². The van der Waals surface area contributed by atoms with Crippen LogP contribution in [-0.2, 0) is 10.3 Å². The number of ether oxygens (including phenoxy) is 1. The van der Waals surface area contributed by atoms with E-state index in [0.717, 1.165) is 32.5 Å². The molecule has 1 saturated heterocycles. The number of benzene rings is 1. The average molecular weight is 262 g/mol. The number of hydrogen-bond donors (Lipinski definition) is 2. The predicted molar refractivity (Wildman–Crippen MR) is 79.0 cm³/mol. The van der Waals surface area contributed by atoms with Crippen molar-refractivity contribution in [3.8, 4) is 0 Å². The molecular formula is C16H26N2O. The number of nitrogens with one attached hydrogen (secondary N) is 1. The van der Waals surface area contributed by atoms with Gasteiger partial charge in [0.05, 0.1) is 11.6 Å². The van der Waals surface area contributed by atoms with Crippen LogP contribution in [-0.4, -0.2) is 25.8 Å². The molecule has 1 aliphatic heterocycles. The van der Waals surface area contributed by atoms with Crippen molar-refractivity contribution in [2.75, 3.05) is 19.7 Å². The Morgan fingerprint density at radius 2 is 2.11 bits per heavy atom. The molecule has 1 aliphatic rings. The van der Waals surface area contributed by atoms with Crippen molar-refractivity contribution in [3.05, 3.63) is 35.9 Å². The predicted octanol–water partition coefficient (Wildman–Crippen LogP) is 2.27. The first-order chi connectivity index (χ1) is 9.13. The molecular weight excluding hydrogens is 236 g/mol. The van der Waals surface area contributed by atoms with Gasteiger partial charge in [-0.1, -0.05) is 37.3 Å². The summed E-state index contributed by atoms with van der Waals surface area (Å²) in [4.78, 5) is 0. The monoisotopic (exact) mass is 262 g/mol. The minimum Gasteiger partial charge on any atom is -0.378 e. The van der Waals surface area contributed by atoms with Gasteiger partial charge in [-0.05, 0) is 31.2 Å². The third kappa shape index (κ3) is 3.78. The van der Waals surface area contributed by atoms with Gasteiger partial charge in [0.1, 0.15) is 0 Å². The molecule has 3 unspecified atom stereocenters. The van der Waals surface area contributed by atoms with Gasteiger partial charge in [0, 0.05) is 19.7 Å². The van der Waals surface area contributed by atoms with Gasteiger partial charge in [0.25, 0.3) is 0 Å². The second-order valence-electron chi connectivity index (χ2n) is 5.78. The fraction of sp³-hybridized carbons (Fsp3) is 0.625.